The molecule has 0 radical (unpaired) electrons. The zero-order valence-corrected chi connectivity index (χ0v) is 14.1. The van der Waals surface area contributed by atoms with Gasteiger partial charge in [-0.05, 0) is 24.6 Å². The van der Waals surface area contributed by atoms with Crippen LogP contribution in [0.2, 0.25) is 0 Å². The number of carbonyl (C=O) groups is 2. The summed E-state index contributed by atoms with van der Waals surface area (Å²) in [6.45, 7) is 5.77. The van der Waals surface area contributed by atoms with Crippen LogP contribution in [-0.2, 0) is 11.2 Å². The Hall–Kier alpha value is -2.28. The maximum Gasteiger partial charge on any atom is 0.326 e. The zero-order chi connectivity index (χ0) is 17.0. The topological polar surface area (TPSA) is 92.2 Å². The Morgan fingerprint density at radius 3 is 2.48 bits per heavy atom. The maximum atomic E-state index is 12.4. The maximum absolute atomic E-state index is 12.4. The van der Waals surface area contributed by atoms with Gasteiger partial charge >= 0.3 is 5.97 Å². The van der Waals surface area contributed by atoms with Crippen molar-refractivity contribution in [3.8, 4) is 0 Å². The Bertz CT molecular complexity index is 698. The van der Waals surface area contributed by atoms with Crippen LogP contribution < -0.4 is 5.32 Å². The van der Waals surface area contributed by atoms with Crippen LogP contribution in [0.4, 0.5) is 0 Å². The third-order valence-electron chi connectivity index (χ3n) is 3.31. The molecule has 1 atom stereocenters. The molecule has 0 aliphatic rings. The van der Waals surface area contributed by atoms with Crippen LogP contribution in [0.5, 0.6) is 0 Å². The predicted molar refractivity (Wildman–Crippen MR) is 87.8 cm³/mol. The molecule has 122 valence electrons. The van der Waals surface area contributed by atoms with Gasteiger partial charge in [-0.3, -0.25) is 9.78 Å². The highest BCUT2D eigenvalue weighted by Gasteiger charge is 2.24. The first-order chi connectivity index (χ1) is 10.9. The molecular formula is C16H19N3O3S. The number of amides is 1. The number of carbonyl (C=O) groups excluding carboxylic acids is 1. The number of aryl methyl sites for hydroxylation is 1. The van der Waals surface area contributed by atoms with Gasteiger partial charge in [0.05, 0.1) is 10.7 Å². The van der Waals surface area contributed by atoms with E-state index in [0.717, 1.165) is 10.6 Å². The van der Waals surface area contributed by atoms with Crippen molar-refractivity contribution in [3.63, 3.8) is 0 Å². The average molecular weight is 333 g/mol. The summed E-state index contributed by atoms with van der Waals surface area (Å²) in [5.74, 6) is -1.23. The summed E-state index contributed by atoms with van der Waals surface area (Å²) in [5, 5.41) is 12.8. The quantitative estimate of drug-likeness (QED) is 0.847. The lowest BCUT2D eigenvalue weighted by Crippen LogP contribution is -2.42. The highest BCUT2D eigenvalue weighted by atomic mass is 32.1. The molecule has 23 heavy (non-hydrogen) atoms. The fourth-order valence-corrected chi connectivity index (χ4v) is 3.03. The van der Waals surface area contributed by atoms with Gasteiger partial charge in [-0.25, -0.2) is 9.78 Å². The summed E-state index contributed by atoms with van der Waals surface area (Å²) in [7, 11) is 0. The molecule has 7 heteroatoms. The standard InChI is InChI=1S/C16H19N3O3S/c1-9(2)15-18-10(3)13(23-15)14(20)19-12(16(21)22)8-11-4-6-17-7-5-11/h4-7,9,12H,8H2,1-3H3,(H,19,20)(H,21,22)/t12-/m0/s1. The van der Waals surface area contributed by atoms with Crippen LogP contribution in [0.1, 0.15) is 45.7 Å². The number of thiazole rings is 1. The van der Waals surface area contributed by atoms with E-state index in [9.17, 15) is 14.7 Å². The number of aliphatic carboxylic acids is 1. The molecule has 0 aliphatic heterocycles. The first kappa shape index (κ1) is 17.1. The third-order valence-corrected chi connectivity index (χ3v) is 4.76. The van der Waals surface area contributed by atoms with Crippen LogP contribution in [-0.4, -0.2) is 33.0 Å². The largest absolute Gasteiger partial charge is 0.480 e. The van der Waals surface area contributed by atoms with E-state index < -0.39 is 17.9 Å². The number of carboxylic acids is 1. The number of hydrogen-bond acceptors (Lipinski definition) is 5. The van der Waals surface area contributed by atoms with Gasteiger partial charge in [-0.2, -0.15) is 0 Å². The second kappa shape index (κ2) is 7.32. The Labute approximate surface area is 138 Å². The molecule has 2 heterocycles. The van der Waals surface area contributed by atoms with E-state index in [-0.39, 0.29) is 12.3 Å². The van der Waals surface area contributed by atoms with Gasteiger partial charge < -0.3 is 10.4 Å². The van der Waals surface area contributed by atoms with Crippen molar-refractivity contribution in [2.24, 2.45) is 0 Å². The number of hydrogen-bond donors (Lipinski definition) is 2. The molecule has 2 rings (SSSR count). The molecule has 0 bridgehead atoms. The van der Waals surface area contributed by atoms with Gasteiger partial charge in [0, 0.05) is 24.7 Å². The van der Waals surface area contributed by atoms with E-state index >= 15 is 0 Å². The van der Waals surface area contributed by atoms with Gasteiger partial charge in [0.2, 0.25) is 0 Å². The van der Waals surface area contributed by atoms with Crippen LogP contribution in [0.25, 0.3) is 0 Å². The molecule has 0 fully saturated rings. The fraction of sp³-hybridized carbons (Fsp3) is 0.375. The number of pyridine rings is 1. The molecule has 0 aliphatic carbocycles. The molecule has 0 aromatic carbocycles. The molecule has 1 amide bonds. The van der Waals surface area contributed by atoms with Crippen molar-refractivity contribution >= 4 is 23.2 Å². The lowest BCUT2D eigenvalue weighted by atomic mass is 10.1. The SMILES string of the molecule is Cc1nc(C(C)C)sc1C(=O)N[C@@H](Cc1ccncc1)C(=O)O. The van der Waals surface area contributed by atoms with Crippen LogP contribution in [0.3, 0.4) is 0 Å². The first-order valence-electron chi connectivity index (χ1n) is 7.28. The minimum Gasteiger partial charge on any atom is -0.480 e. The molecule has 2 aromatic heterocycles. The van der Waals surface area contributed by atoms with Crippen molar-refractivity contribution in [2.45, 2.75) is 39.2 Å². The molecule has 0 unspecified atom stereocenters. The predicted octanol–water partition coefficient (Wildman–Crippen LogP) is 2.40. The lowest BCUT2D eigenvalue weighted by molar-refractivity contribution is -0.139. The molecule has 0 saturated heterocycles. The lowest BCUT2D eigenvalue weighted by Gasteiger charge is -2.14. The van der Waals surface area contributed by atoms with Gasteiger partial charge in [-0.15, -0.1) is 11.3 Å². The first-order valence-corrected chi connectivity index (χ1v) is 8.10. The number of nitrogens with one attached hydrogen (secondary N) is 1. The molecule has 6 nitrogen and oxygen atoms in total. The second-order valence-electron chi connectivity index (χ2n) is 5.55. The zero-order valence-electron chi connectivity index (χ0n) is 13.2. The van der Waals surface area contributed by atoms with Gasteiger partial charge in [0.25, 0.3) is 5.91 Å². The summed E-state index contributed by atoms with van der Waals surface area (Å²) < 4.78 is 0. The Kier molecular flexibility index (Phi) is 5.44. The fourth-order valence-electron chi connectivity index (χ4n) is 2.05. The normalized spacial score (nSPS) is 12.2. The van der Waals surface area contributed by atoms with Crippen LogP contribution in [0, 0.1) is 6.92 Å². The number of aromatic nitrogens is 2. The monoisotopic (exact) mass is 333 g/mol. The Balaban J connectivity index is 2.13. The third kappa shape index (κ3) is 4.35. The highest BCUT2D eigenvalue weighted by molar-refractivity contribution is 7.13. The van der Waals surface area contributed by atoms with Gasteiger partial charge in [0.15, 0.2) is 0 Å². The van der Waals surface area contributed by atoms with E-state index in [1.54, 1.807) is 31.5 Å². The molecule has 0 saturated carbocycles. The van der Waals surface area contributed by atoms with Crippen molar-refractivity contribution in [1.29, 1.82) is 0 Å². The van der Waals surface area contributed by atoms with Crippen molar-refractivity contribution in [2.75, 3.05) is 0 Å². The number of carboxylic acid groups (broad SMARTS) is 1. The molecule has 0 spiro atoms. The number of rotatable bonds is 6. The minimum atomic E-state index is -1.07. The van der Waals surface area contributed by atoms with E-state index in [4.69, 9.17) is 0 Å². The summed E-state index contributed by atoms with van der Waals surface area (Å²) in [5.41, 5.74) is 1.43. The smallest absolute Gasteiger partial charge is 0.326 e. The van der Waals surface area contributed by atoms with Crippen molar-refractivity contribution < 1.29 is 14.7 Å². The van der Waals surface area contributed by atoms with Gasteiger partial charge in [-0.1, -0.05) is 13.8 Å². The van der Waals surface area contributed by atoms with Crippen molar-refractivity contribution in [1.82, 2.24) is 15.3 Å². The Morgan fingerprint density at radius 2 is 1.96 bits per heavy atom. The summed E-state index contributed by atoms with van der Waals surface area (Å²) in [6, 6.07) is 2.47. The molecule has 2 N–H and O–H groups in total. The van der Waals surface area contributed by atoms with E-state index in [0.29, 0.717) is 10.6 Å². The minimum absolute atomic E-state index is 0.207. The second-order valence-corrected chi connectivity index (χ2v) is 6.58. The molecule has 2 aromatic rings. The Morgan fingerprint density at radius 1 is 1.30 bits per heavy atom. The number of nitrogens with zero attached hydrogens (tertiary/aromatic N) is 2. The molecular weight excluding hydrogens is 314 g/mol. The van der Waals surface area contributed by atoms with Crippen molar-refractivity contribution in [3.05, 3.63) is 45.7 Å². The average Bonchev–Trinajstić information content (AvgIpc) is 2.90. The van der Waals surface area contributed by atoms with Crippen LogP contribution >= 0.6 is 11.3 Å². The van der Waals surface area contributed by atoms with E-state index in [1.807, 2.05) is 13.8 Å². The summed E-state index contributed by atoms with van der Waals surface area (Å²) in [4.78, 5) is 32.5. The van der Waals surface area contributed by atoms with E-state index in [1.165, 1.54) is 11.3 Å². The van der Waals surface area contributed by atoms with Gasteiger partial charge in [0.1, 0.15) is 10.9 Å². The summed E-state index contributed by atoms with van der Waals surface area (Å²) >= 11 is 1.31. The summed E-state index contributed by atoms with van der Waals surface area (Å²) in [6.07, 6.45) is 3.40. The highest BCUT2D eigenvalue weighted by Crippen LogP contribution is 2.24. The van der Waals surface area contributed by atoms with E-state index in [2.05, 4.69) is 15.3 Å². The van der Waals surface area contributed by atoms with Crippen LogP contribution in [0.15, 0.2) is 24.5 Å².